The molecule has 0 aromatic carbocycles. The summed E-state index contributed by atoms with van der Waals surface area (Å²) in [6, 6.07) is 1.43. The van der Waals surface area contributed by atoms with E-state index in [1.807, 2.05) is 6.07 Å². The maximum absolute atomic E-state index is 12.8. The second-order valence-electron chi connectivity index (χ2n) is 11.8. The van der Waals surface area contributed by atoms with Gasteiger partial charge < -0.3 is 20.3 Å². The molecule has 2 aliphatic heterocycles. The van der Waals surface area contributed by atoms with E-state index in [0.717, 1.165) is 46.2 Å². The van der Waals surface area contributed by atoms with Crippen molar-refractivity contribution < 1.29 is 32.3 Å². The zero-order valence-electron chi connectivity index (χ0n) is 21.6. The summed E-state index contributed by atoms with van der Waals surface area (Å²) in [4.78, 5) is 35.7. The standard InChI is InChI=1S/C15H24F3NO2.C10H13N3O2/c1-9(21-14(4,5)15(16,17)18)6-12(20)19-7-10-11(8-19)13(10,2)3;11-5-8(12-6-14)3-7-4-10(1-2-10)13-9(7)15/h9-11H,6-8H2,1-5H3;6-8H,1-4H2,(H,12,14)(H,13,15)/t9-,10?,11?;/m1./s1. The van der Waals surface area contributed by atoms with Gasteiger partial charge in [0, 0.05) is 24.5 Å². The van der Waals surface area contributed by atoms with Gasteiger partial charge >= 0.3 is 6.18 Å². The quantitative estimate of drug-likeness (QED) is 0.484. The van der Waals surface area contributed by atoms with Crippen LogP contribution in [-0.4, -0.2) is 65.7 Å². The zero-order chi connectivity index (χ0) is 27.1. The minimum absolute atomic E-state index is 0.000616. The fourth-order valence-corrected chi connectivity index (χ4v) is 5.50. The van der Waals surface area contributed by atoms with Crippen LogP contribution in [0.1, 0.15) is 66.7 Å². The van der Waals surface area contributed by atoms with E-state index in [-0.39, 0.29) is 29.7 Å². The van der Waals surface area contributed by atoms with Crippen molar-refractivity contribution in [2.75, 3.05) is 13.1 Å². The van der Waals surface area contributed by atoms with Crippen LogP contribution in [0.25, 0.3) is 0 Å². The largest absolute Gasteiger partial charge is 0.416 e. The summed E-state index contributed by atoms with van der Waals surface area (Å²) in [5, 5.41) is 14.1. The van der Waals surface area contributed by atoms with Crippen molar-refractivity contribution >= 4 is 18.2 Å². The number of hydrogen-bond acceptors (Lipinski definition) is 5. The third kappa shape index (κ3) is 6.13. The lowest BCUT2D eigenvalue weighted by Crippen LogP contribution is -2.45. The first-order valence-corrected chi connectivity index (χ1v) is 12.5. The van der Waals surface area contributed by atoms with Gasteiger partial charge in [0.05, 0.1) is 18.6 Å². The highest BCUT2D eigenvalue weighted by atomic mass is 19.4. The monoisotopic (exact) mass is 514 g/mol. The van der Waals surface area contributed by atoms with Crippen molar-refractivity contribution in [2.45, 2.75) is 96.2 Å². The minimum atomic E-state index is -4.44. The number of halogens is 3. The number of fused-ring (bicyclic) bond motifs is 1. The zero-order valence-corrected chi connectivity index (χ0v) is 21.6. The molecule has 0 aromatic heterocycles. The number of alkyl halides is 3. The molecular formula is C25H37F3N4O4. The highest BCUT2D eigenvalue weighted by Crippen LogP contribution is 2.62. The average Bonchev–Trinajstić information content (AvgIpc) is 3.43. The van der Waals surface area contributed by atoms with Crippen LogP contribution in [-0.2, 0) is 19.1 Å². The molecule has 0 bridgehead atoms. The highest BCUT2D eigenvalue weighted by Gasteiger charge is 2.62. The lowest BCUT2D eigenvalue weighted by molar-refractivity contribution is -0.275. The number of likely N-dealkylation sites (tertiary alicyclic amines) is 1. The molecule has 3 amide bonds. The molecule has 8 nitrogen and oxygen atoms in total. The van der Waals surface area contributed by atoms with E-state index in [4.69, 9.17) is 10.00 Å². The predicted molar refractivity (Wildman–Crippen MR) is 124 cm³/mol. The molecule has 0 radical (unpaired) electrons. The molecule has 4 aliphatic rings. The number of carbonyl (C=O) groups excluding carboxylic acids is 3. The van der Waals surface area contributed by atoms with Crippen LogP contribution < -0.4 is 10.6 Å². The van der Waals surface area contributed by atoms with Gasteiger partial charge in [-0.25, -0.2) is 0 Å². The Balaban J connectivity index is 0.000000212. The van der Waals surface area contributed by atoms with Gasteiger partial charge in [-0.1, -0.05) is 13.8 Å². The molecule has 1 spiro atoms. The number of amides is 3. The normalized spacial score (nSPS) is 28.7. The summed E-state index contributed by atoms with van der Waals surface area (Å²) in [5.41, 5.74) is -1.87. The van der Waals surface area contributed by atoms with Crippen molar-refractivity contribution in [3.05, 3.63) is 0 Å². The molecule has 36 heavy (non-hydrogen) atoms. The van der Waals surface area contributed by atoms with Gasteiger partial charge in [-0.2, -0.15) is 18.4 Å². The lowest BCUT2D eigenvalue weighted by atomic mass is 9.96. The van der Waals surface area contributed by atoms with E-state index in [1.165, 1.54) is 6.92 Å². The smallest absolute Gasteiger partial charge is 0.363 e. The first-order chi connectivity index (χ1) is 16.5. The molecule has 4 rings (SSSR count). The number of ether oxygens (including phenoxy) is 1. The molecule has 2 heterocycles. The Morgan fingerprint density at radius 1 is 1.31 bits per heavy atom. The molecule has 2 aliphatic carbocycles. The van der Waals surface area contributed by atoms with Crippen molar-refractivity contribution in [2.24, 2.45) is 23.2 Å². The van der Waals surface area contributed by atoms with Crippen molar-refractivity contribution in [3.8, 4) is 6.07 Å². The third-order valence-electron chi connectivity index (χ3n) is 8.31. The topological polar surface area (TPSA) is 112 Å². The van der Waals surface area contributed by atoms with Gasteiger partial charge in [0.25, 0.3) is 0 Å². The van der Waals surface area contributed by atoms with Gasteiger partial charge in [-0.05, 0) is 63.7 Å². The summed E-state index contributed by atoms with van der Waals surface area (Å²) in [7, 11) is 0. The SMILES string of the molecule is C[C@H](CC(=O)N1CC2C(C1)C2(C)C)OC(C)(C)C(F)(F)F.N#CC(CC1CC2(CC2)NC1=O)NC=O. The van der Waals surface area contributed by atoms with E-state index in [9.17, 15) is 27.6 Å². The van der Waals surface area contributed by atoms with E-state index >= 15 is 0 Å². The molecule has 202 valence electrons. The van der Waals surface area contributed by atoms with Crippen LogP contribution in [0, 0.1) is 34.5 Å². The van der Waals surface area contributed by atoms with Crippen LogP contribution in [0.3, 0.4) is 0 Å². The molecule has 0 aromatic rings. The Morgan fingerprint density at radius 3 is 2.33 bits per heavy atom. The van der Waals surface area contributed by atoms with Crippen molar-refractivity contribution in [3.63, 3.8) is 0 Å². The second-order valence-corrected chi connectivity index (χ2v) is 11.8. The maximum atomic E-state index is 12.8. The fourth-order valence-electron chi connectivity index (χ4n) is 5.50. The first kappa shape index (κ1) is 28.2. The Hall–Kier alpha value is -2.35. The molecule has 2 saturated heterocycles. The number of nitriles is 1. The summed E-state index contributed by atoms with van der Waals surface area (Å²) in [6.45, 7) is 9.34. The van der Waals surface area contributed by atoms with Gasteiger partial charge in [0.2, 0.25) is 18.2 Å². The maximum Gasteiger partial charge on any atom is 0.416 e. The second kappa shape index (κ2) is 9.84. The van der Waals surface area contributed by atoms with E-state index in [1.54, 1.807) is 4.90 Å². The predicted octanol–water partition coefficient (Wildman–Crippen LogP) is 2.92. The highest BCUT2D eigenvalue weighted by molar-refractivity contribution is 5.83. The van der Waals surface area contributed by atoms with E-state index < -0.39 is 23.9 Å². The Bertz CT molecular complexity index is 896. The number of carbonyl (C=O) groups is 3. The Labute approximate surface area is 210 Å². The fraction of sp³-hybridized carbons (Fsp3) is 0.840. The summed E-state index contributed by atoms with van der Waals surface area (Å²) >= 11 is 0. The number of rotatable bonds is 8. The van der Waals surface area contributed by atoms with Gasteiger partial charge in [-0.15, -0.1) is 0 Å². The van der Waals surface area contributed by atoms with Crippen LogP contribution >= 0.6 is 0 Å². The number of hydrogen-bond donors (Lipinski definition) is 2. The minimum Gasteiger partial charge on any atom is -0.363 e. The molecule has 2 N–H and O–H groups in total. The molecule has 2 saturated carbocycles. The van der Waals surface area contributed by atoms with Crippen LogP contribution in [0.4, 0.5) is 13.2 Å². The molecule has 5 atom stereocenters. The van der Waals surface area contributed by atoms with Crippen LogP contribution in [0.15, 0.2) is 0 Å². The Kier molecular flexibility index (Phi) is 7.72. The van der Waals surface area contributed by atoms with Crippen molar-refractivity contribution in [1.82, 2.24) is 15.5 Å². The number of nitrogens with one attached hydrogen (secondary N) is 2. The van der Waals surface area contributed by atoms with Crippen molar-refractivity contribution in [1.29, 1.82) is 5.26 Å². The summed E-state index contributed by atoms with van der Waals surface area (Å²) < 4.78 is 43.3. The van der Waals surface area contributed by atoms with Crippen LogP contribution in [0.5, 0.6) is 0 Å². The molecule has 4 fully saturated rings. The van der Waals surface area contributed by atoms with E-state index in [0.29, 0.717) is 30.1 Å². The van der Waals surface area contributed by atoms with Gasteiger partial charge in [0.1, 0.15) is 6.04 Å². The van der Waals surface area contributed by atoms with Crippen LogP contribution in [0.2, 0.25) is 0 Å². The number of nitrogens with zero attached hydrogens (tertiary/aromatic N) is 2. The lowest BCUT2D eigenvalue weighted by Gasteiger charge is -2.32. The summed E-state index contributed by atoms with van der Waals surface area (Å²) in [5.74, 6) is 0.891. The number of piperidine rings is 1. The van der Waals surface area contributed by atoms with E-state index in [2.05, 4.69) is 24.5 Å². The summed E-state index contributed by atoms with van der Waals surface area (Å²) in [6.07, 6.45) is -1.36. The molecule has 4 unspecified atom stereocenters. The van der Waals surface area contributed by atoms with Gasteiger partial charge in [0.15, 0.2) is 5.60 Å². The molecular weight excluding hydrogens is 477 g/mol. The average molecular weight is 515 g/mol. The molecule has 11 heteroatoms. The Morgan fingerprint density at radius 2 is 1.89 bits per heavy atom. The first-order valence-electron chi connectivity index (χ1n) is 12.5. The third-order valence-corrected chi connectivity index (χ3v) is 8.31. The van der Waals surface area contributed by atoms with Gasteiger partial charge in [-0.3, -0.25) is 14.4 Å².